The fourth-order valence-corrected chi connectivity index (χ4v) is 3.43. The molecule has 0 bridgehead atoms. The molecule has 126 valence electrons. The molecule has 24 heavy (non-hydrogen) atoms. The number of benzene rings is 2. The van der Waals surface area contributed by atoms with Crippen LogP contribution in [0, 0.1) is 0 Å². The highest BCUT2D eigenvalue weighted by Crippen LogP contribution is 2.36. The van der Waals surface area contributed by atoms with Crippen molar-refractivity contribution in [3.63, 3.8) is 0 Å². The molecule has 0 amide bonds. The molecule has 0 unspecified atom stereocenters. The summed E-state index contributed by atoms with van der Waals surface area (Å²) in [6.07, 6.45) is 6.37. The Bertz CT molecular complexity index is 660. The molecule has 3 nitrogen and oxygen atoms in total. The maximum absolute atomic E-state index is 11.2. The Hall–Kier alpha value is -2.29. The van der Waals surface area contributed by atoms with Crippen molar-refractivity contribution in [1.29, 1.82) is 0 Å². The minimum atomic E-state index is 0.0422. The summed E-state index contributed by atoms with van der Waals surface area (Å²) in [6.45, 7) is 0. The minimum absolute atomic E-state index is 0.0422. The van der Waals surface area contributed by atoms with Crippen LogP contribution in [0.15, 0.2) is 48.5 Å². The van der Waals surface area contributed by atoms with E-state index in [9.17, 15) is 4.79 Å². The molecular formula is C21H24O3. The van der Waals surface area contributed by atoms with Crippen LogP contribution in [0.3, 0.4) is 0 Å². The lowest BCUT2D eigenvalue weighted by atomic mass is 9.89. The van der Waals surface area contributed by atoms with Crippen molar-refractivity contribution in [2.24, 2.45) is 0 Å². The van der Waals surface area contributed by atoms with Crippen molar-refractivity contribution in [2.75, 3.05) is 7.11 Å². The number of methoxy groups -OCH3 is 1. The van der Waals surface area contributed by atoms with Gasteiger partial charge in [-0.15, -0.1) is 0 Å². The average Bonchev–Trinajstić information content (AvgIpc) is 3.13. The Morgan fingerprint density at radius 3 is 2.46 bits per heavy atom. The Morgan fingerprint density at radius 2 is 1.79 bits per heavy atom. The Morgan fingerprint density at radius 1 is 1.04 bits per heavy atom. The van der Waals surface area contributed by atoms with Crippen LogP contribution in [0.2, 0.25) is 0 Å². The van der Waals surface area contributed by atoms with Crippen molar-refractivity contribution in [3.05, 3.63) is 59.7 Å². The van der Waals surface area contributed by atoms with Gasteiger partial charge >= 0.3 is 0 Å². The van der Waals surface area contributed by atoms with Crippen LogP contribution in [0.4, 0.5) is 0 Å². The van der Waals surface area contributed by atoms with E-state index in [-0.39, 0.29) is 12.0 Å². The molecule has 3 rings (SSSR count). The number of ether oxygens (including phenoxy) is 2. The van der Waals surface area contributed by atoms with Crippen LogP contribution < -0.4 is 9.47 Å². The second kappa shape index (κ2) is 8.00. The summed E-state index contributed by atoms with van der Waals surface area (Å²) in [4.78, 5) is 11.2. The van der Waals surface area contributed by atoms with Gasteiger partial charge in [-0.25, -0.2) is 0 Å². The predicted octanol–water partition coefficient (Wildman–Crippen LogP) is 4.74. The zero-order valence-electron chi connectivity index (χ0n) is 14.1. The van der Waals surface area contributed by atoms with E-state index in [0.29, 0.717) is 6.42 Å². The van der Waals surface area contributed by atoms with Crippen LogP contribution in [0.25, 0.3) is 0 Å². The highest BCUT2D eigenvalue weighted by atomic mass is 16.5. The van der Waals surface area contributed by atoms with E-state index in [0.717, 1.165) is 41.8 Å². The van der Waals surface area contributed by atoms with Crippen LogP contribution in [0.5, 0.6) is 11.5 Å². The molecule has 2 aromatic rings. The van der Waals surface area contributed by atoms with E-state index >= 15 is 0 Å². The summed E-state index contributed by atoms with van der Waals surface area (Å²) < 4.78 is 11.7. The van der Waals surface area contributed by atoms with Crippen molar-refractivity contribution in [3.8, 4) is 11.5 Å². The first kappa shape index (κ1) is 16.6. The van der Waals surface area contributed by atoms with E-state index in [2.05, 4.69) is 12.1 Å². The molecule has 1 saturated carbocycles. The normalized spacial score (nSPS) is 15.9. The summed E-state index contributed by atoms with van der Waals surface area (Å²) >= 11 is 0. The zero-order valence-corrected chi connectivity index (χ0v) is 14.1. The predicted molar refractivity (Wildman–Crippen MR) is 94.8 cm³/mol. The highest BCUT2D eigenvalue weighted by Gasteiger charge is 2.20. The molecular weight excluding hydrogens is 300 g/mol. The summed E-state index contributed by atoms with van der Waals surface area (Å²) in [5.41, 5.74) is 2.23. The molecule has 1 aliphatic carbocycles. The average molecular weight is 324 g/mol. The molecule has 1 fully saturated rings. The number of carbonyl (C=O) groups excluding carboxylic acids is 1. The number of aldehydes is 1. The molecule has 1 aliphatic rings. The number of hydrogen-bond acceptors (Lipinski definition) is 3. The quantitative estimate of drug-likeness (QED) is 0.690. The Kier molecular flexibility index (Phi) is 5.52. The molecule has 3 heteroatoms. The maximum Gasteiger partial charge on any atom is 0.161 e. The molecule has 0 aliphatic heterocycles. The van der Waals surface area contributed by atoms with Crippen LogP contribution >= 0.6 is 0 Å². The fourth-order valence-electron chi connectivity index (χ4n) is 3.43. The fraction of sp³-hybridized carbons (Fsp3) is 0.381. The third kappa shape index (κ3) is 3.78. The second-order valence-corrected chi connectivity index (χ2v) is 6.30. The molecule has 2 aromatic carbocycles. The van der Waals surface area contributed by atoms with Gasteiger partial charge in [-0.05, 0) is 48.9 Å². The Balaban J connectivity index is 1.91. The van der Waals surface area contributed by atoms with Gasteiger partial charge in [0, 0.05) is 12.3 Å². The summed E-state index contributed by atoms with van der Waals surface area (Å²) in [5, 5.41) is 0. The van der Waals surface area contributed by atoms with Crippen molar-refractivity contribution < 1.29 is 14.3 Å². The first-order valence-electron chi connectivity index (χ1n) is 8.65. The van der Waals surface area contributed by atoms with Crippen molar-refractivity contribution in [1.82, 2.24) is 0 Å². The third-order valence-corrected chi connectivity index (χ3v) is 4.72. The number of carbonyl (C=O) groups is 1. The van der Waals surface area contributed by atoms with E-state index in [1.165, 1.54) is 12.8 Å². The van der Waals surface area contributed by atoms with Gasteiger partial charge in [-0.3, -0.25) is 0 Å². The second-order valence-electron chi connectivity index (χ2n) is 6.30. The van der Waals surface area contributed by atoms with E-state index in [1.54, 1.807) is 7.11 Å². The van der Waals surface area contributed by atoms with Gasteiger partial charge in [0.25, 0.3) is 0 Å². The minimum Gasteiger partial charge on any atom is -0.493 e. The van der Waals surface area contributed by atoms with Gasteiger partial charge in [0.15, 0.2) is 11.5 Å². The zero-order chi connectivity index (χ0) is 16.8. The smallest absolute Gasteiger partial charge is 0.161 e. The molecule has 0 radical (unpaired) electrons. The lowest BCUT2D eigenvalue weighted by molar-refractivity contribution is -0.108. The lowest BCUT2D eigenvalue weighted by Crippen LogP contribution is -2.12. The van der Waals surface area contributed by atoms with Gasteiger partial charge in [-0.1, -0.05) is 36.4 Å². The van der Waals surface area contributed by atoms with Crippen LogP contribution in [-0.4, -0.2) is 19.5 Å². The largest absolute Gasteiger partial charge is 0.493 e. The molecule has 1 atom stereocenters. The Labute approximate surface area is 143 Å². The van der Waals surface area contributed by atoms with Gasteiger partial charge in [0.2, 0.25) is 0 Å². The standard InChI is InChI=1S/C21H24O3/c1-23-20-12-11-17(15-21(20)24-18-9-5-6-10-18)19(13-14-22)16-7-3-2-4-8-16/h2-4,7-8,11-12,14-15,18-19H,5-6,9-10,13H2,1H3/t19-/m1/s1. The van der Waals surface area contributed by atoms with E-state index < -0.39 is 0 Å². The first-order valence-corrected chi connectivity index (χ1v) is 8.65. The van der Waals surface area contributed by atoms with Crippen LogP contribution in [0.1, 0.15) is 49.1 Å². The molecule has 0 N–H and O–H groups in total. The van der Waals surface area contributed by atoms with E-state index in [1.807, 2.05) is 36.4 Å². The SMILES string of the molecule is COc1ccc([C@H](CC=O)c2ccccc2)cc1OC1CCCC1. The summed E-state index contributed by atoms with van der Waals surface area (Å²) in [5.74, 6) is 1.58. The first-order chi connectivity index (χ1) is 11.8. The molecule has 0 heterocycles. The van der Waals surface area contributed by atoms with Gasteiger partial charge in [0.05, 0.1) is 13.2 Å². The number of hydrogen-bond donors (Lipinski definition) is 0. The molecule has 0 spiro atoms. The maximum atomic E-state index is 11.2. The lowest BCUT2D eigenvalue weighted by Gasteiger charge is -2.20. The molecule has 0 saturated heterocycles. The van der Waals surface area contributed by atoms with Crippen molar-refractivity contribution >= 4 is 6.29 Å². The summed E-state index contributed by atoms with van der Waals surface area (Å²) in [7, 11) is 1.66. The van der Waals surface area contributed by atoms with E-state index in [4.69, 9.17) is 9.47 Å². The topological polar surface area (TPSA) is 35.5 Å². The monoisotopic (exact) mass is 324 g/mol. The van der Waals surface area contributed by atoms with Gasteiger partial charge in [-0.2, -0.15) is 0 Å². The summed E-state index contributed by atoms with van der Waals surface area (Å²) in [6, 6.07) is 16.1. The molecule has 0 aromatic heterocycles. The highest BCUT2D eigenvalue weighted by molar-refractivity contribution is 5.55. The van der Waals surface area contributed by atoms with Gasteiger partial charge in [0.1, 0.15) is 6.29 Å². The number of rotatable bonds is 7. The third-order valence-electron chi connectivity index (χ3n) is 4.72. The van der Waals surface area contributed by atoms with Gasteiger partial charge < -0.3 is 14.3 Å². The van der Waals surface area contributed by atoms with Crippen LogP contribution in [-0.2, 0) is 4.79 Å². The van der Waals surface area contributed by atoms with Crippen molar-refractivity contribution in [2.45, 2.75) is 44.1 Å².